The normalized spacial score (nSPS) is 11.1. The van der Waals surface area contributed by atoms with E-state index < -0.39 is 0 Å². The molecule has 4 heteroatoms. The Morgan fingerprint density at radius 1 is 0.857 bits per heavy atom. The van der Waals surface area contributed by atoms with E-state index in [1.807, 2.05) is 36.4 Å². The highest BCUT2D eigenvalue weighted by Gasteiger charge is 2.18. The van der Waals surface area contributed by atoms with Gasteiger partial charge < -0.3 is 5.32 Å². The van der Waals surface area contributed by atoms with Gasteiger partial charge in [0.25, 0.3) is 5.91 Å². The lowest BCUT2D eigenvalue weighted by atomic mass is 9.88. The number of hydrogen-bond acceptors (Lipinski definition) is 2. The molecule has 0 spiro atoms. The number of nitrogens with one attached hydrogen (secondary N) is 1. The van der Waals surface area contributed by atoms with Crippen LogP contribution in [0.15, 0.2) is 84.9 Å². The van der Waals surface area contributed by atoms with Crippen LogP contribution in [0.1, 0.15) is 33.1 Å². The Kier molecular flexibility index (Phi) is 5.75. The summed E-state index contributed by atoms with van der Waals surface area (Å²) in [5.41, 5.74) is 2.51. The molecule has 140 valence electrons. The Balaban J connectivity index is 1.48. The monoisotopic (exact) mass is 405 g/mol. The lowest BCUT2D eigenvalue weighted by molar-refractivity contribution is 0.0957. The standard InChI is InChI=1S/C24H20ClNOS/c25-22-20-13-7-8-14-21(20)28-23(22)24(27)26-16-15-19(17-9-3-1-4-10-17)18-11-5-2-6-12-18/h1-14,19H,15-16H2,(H,26,27). The predicted octanol–water partition coefficient (Wildman–Crippen LogP) is 6.51. The number of hydrogen-bond donors (Lipinski definition) is 1. The van der Waals surface area contributed by atoms with E-state index >= 15 is 0 Å². The van der Waals surface area contributed by atoms with Crippen LogP contribution < -0.4 is 5.32 Å². The molecule has 0 saturated heterocycles. The van der Waals surface area contributed by atoms with Gasteiger partial charge in [0.1, 0.15) is 4.88 Å². The number of halogens is 1. The molecule has 0 saturated carbocycles. The fourth-order valence-corrected chi connectivity index (χ4v) is 4.90. The number of rotatable bonds is 6. The fraction of sp³-hybridized carbons (Fsp3) is 0.125. The highest BCUT2D eigenvalue weighted by molar-refractivity contribution is 7.21. The van der Waals surface area contributed by atoms with Crippen molar-refractivity contribution < 1.29 is 4.79 Å². The van der Waals surface area contributed by atoms with Gasteiger partial charge >= 0.3 is 0 Å². The van der Waals surface area contributed by atoms with E-state index in [2.05, 4.69) is 53.8 Å². The Labute approximate surface area is 173 Å². The molecule has 4 rings (SSSR count). The summed E-state index contributed by atoms with van der Waals surface area (Å²) in [7, 11) is 0. The van der Waals surface area contributed by atoms with Crippen LogP contribution in [0.25, 0.3) is 10.1 Å². The third-order valence-corrected chi connectivity index (χ3v) is 6.54. The van der Waals surface area contributed by atoms with E-state index in [9.17, 15) is 4.79 Å². The van der Waals surface area contributed by atoms with Crippen LogP contribution >= 0.6 is 22.9 Å². The maximum atomic E-state index is 12.7. The smallest absolute Gasteiger partial charge is 0.262 e. The molecule has 1 heterocycles. The van der Waals surface area contributed by atoms with Crippen molar-refractivity contribution >= 4 is 38.9 Å². The summed E-state index contributed by atoms with van der Waals surface area (Å²) >= 11 is 7.87. The third-order valence-electron chi connectivity index (χ3n) is 4.86. The average molecular weight is 406 g/mol. The van der Waals surface area contributed by atoms with Crippen LogP contribution in [-0.2, 0) is 0 Å². The SMILES string of the molecule is O=C(NCCC(c1ccccc1)c1ccccc1)c1sc2ccccc2c1Cl. The Bertz CT molecular complexity index is 1040. The van der Waals surface area contributed by atoms with Crippen LogP contribution in [0.2, 0.25) is 5.02 Å². The average Bonchev–Trinajstić information content (AvgIpc) is 3.09. The highest BCUT2D eigenvalue weighted by Crippen LogP contribution is 2.35. The first-order chi connectivity index (χ1) is 13.7. The molecule has 0 atom stereocenters. The Hall–Kier alpha value is -2.62. The molecule has 1 amide bonds. The van der Waals surface area contributed by atoms with Gasteiger partial charge in [0.15, 0.2) is 0 Å². The topological polar surface area (TPSA) is 29.1 Å². The summed E-state index contributed by atoms with van der Waals surface area (Å²) in [5.74, 6) is 0.131. The van der Waals surface area contributed by atoms with E-state index in [0.29, 0.717) is 16.4 Å². The lowest BCUT2D eigenvalue weighted by Crippen LogP contribution is -2.25. The second kappa shape index (κ2) is 8.59. The van der Waals surface area contributed by atoms with Crippen molar-refractivity contribution in [1.29, 1.82) is 0 Å². The van der Waals surface area contributed by atoms with E-state index in [-0.39, 0.29) is 11.8 Å². The van der Waals surface area contributed by atoms with Crippen LogP contribution in [0.3, 0.4) is 0 Å². The van der Waals surface area contributed by atoms with E-state index in [1.165, 1.54) is 22.5 Å². The van der Waals surface area contributed by atoms with Gasteiger partial charge in [-0.3, -0.25) is 4.79 Å². The van der Waals surface area contributed by atoms with Crippen molar-refractivity contribution in [1.82, 2.24) is 5.32 Å². The summed E-state index contributed by atoms with van der Waals surface area (Å²) < 4.78 is 1.03. The molecule has 3 aromatic carbocycles. The quantitative estimate of drug-likeness (QED) is 0.389. The molecule has 0 aliphatic heterocycles. The van der Waals surface area contributed by atoms with Gasteiger partial charge in [-0.05, 0) is 23.6 Å². The van der Waals surface area contributed by atoms with Crippen molar-refractivity contribution in [3.05, 3.63) is 106 Å². The molecular formula is C24H20ClNOS. The minimum absolute atomic E-state index is 0.105. The summed E-state index contributed by atoms with van der Waals surface area (Å²) in [6.07, 6.45) is 0.822. The molecule has 0 aliphatic carbocycles. The molecule has 0 radical (unpaired) electrons. The first-order valence-electron chi connectivity index (χ1n) is 9.29. The first-order valence-corrected chi connectivity index (χ1v) is 10.5. The number of carbonyl (C=O) groups excluding carboxylic acids is 1. The maximum Gasteiger partial charge on any atom is 0.262 e. The summed E-state index contributed by atoms with van der Waals surface area (Å²) in [6.45, 7) is 0.581. The largest absolute Gasteiger partial charge is 0.351 e. The summed E-state index contributed by atoms with van der Waals surface area (Å²) in [4.78, 5) is 13.3. The molecule has 1 aromatic heterocycles. The van der Waals surface area contributed by atoms with Crippen molar-refractivity contribution in [2.45, 2.75) is 12.3 Å². The van der Waals surface area contributed by atoms with Gasteiger partial charge in [-0.1, -0.05) is 90.5 Å². The van der Waals surface area contributed by atoms with Gasteiger partial charge in [0.2, 0.25) is 0 Å². The molecule has 0 aliphatic rings. The Morgan fingerprint density at radius 3 is 2.04 bits per heavy atom. The number of fused-ring (bicyclic) bond motifs is 1. The number of amides is 1. The van der Waals surface area contributed by atoms with Crippen LogP contribution in [0.5, 0.6) is 0 Å². The zero-order valence-corrected chi connectivity index (χ0v) is 16.8. The van der Waals surface area contributed by atoms with Crippen molar-refractivity contribution in [2.24, 2.45) is 0 Å². The van der Waals surface area contributed by atoms with Crippen LogP contribution in [0.4, 0.5) is 0 Å². The van der Waals surface area contributed by atoms with Crippen molar-refractivity contribution in [3.8, 4) is 0 Å². The molecule has 2 nitrogen and oxygen atoms in total. The van der Waals surface area contributed by atoms with Gasteiger partial charge in [0, 0.05) is 22.5 Å². The molecule has 0 fully saturated rings. The van der Waals surface area contributed by atoms with Crippen LogP contribution in [0, 0.1) is 0 Å². The zero-order chi connectivity index (χ0) is 19.3. The van der Waals surface area contributed by atoms with Gasteiger partial charge in [-0.15, -0.1) is 11.3 Å². The molecule has 28 heavy (non-hydrogen) atoms. The molecular weight excluding hydrogens is 386 g/mol. The number of thiophene rings is 1. The van der Waals surface area contributed by atoms with E-state index in [1.54, 1.807) is 0 Å². The predicted molar refractivity (Wildman–Crippen MR) is 119 cm³/mol. The second-order valence-corrected chi connectivity index (χ2v) is 8.09. The number of benzene rings is 3. The van der Waals surface area contributed by atoms with Crippen LogP contribution in [-0.4, -0.2) is 12.5 Å². The van der Waals surface area contributed by atoms with Gasteiger partial charge in [-0.2, -0.15) is 0 Å². The summed E-state index contributed by atoms with van der Waals surface area (Å²) in [6, 6.07) is 28.7. The molecule has 1 N–H and O–H groups in total. The van der Waals surface area contributed by atoms with E-state index in [0.717, 1.165) is 16.5 Å². The Morgan fingerprint density at radius 2 is 1.43 bits per heavy atom. The second-order valence-electron chi connectivity index (χ2n) is 6.66. The molecule has 0 unspecified atom stereocenters. The zero-order valence-electron chi connectivity index (χ0n) is 15.3. The van der Waals surface area contributed by atoms with Crippen molar-refractivity contribution in [2.75, 3.05) is 6.54 Å². The highest BCUT2D eigenvalue weighted by atomic mass is 35.5. The molecule has 4 aromatic rings. The molecule has 0 bridgehead atoms. The summed E-state index contributed by atoms with van der Waals surface area (Å²) in [5, 5.41) is 4.54. The third kappa shape index (κ3) is 3.96. The minimum atomic E-state index is -0.105. The van der Waals surface area contributed by atoms with Gasteiger partial charge in [0.05, 0.1) is 5.02 Å². The van der Waals surface area contributed by atoms with E-state index in [4.69, 9.17) is 11.6 Å². The minimum Gasteiger partial charge on any atom is -0.351 e. The first kappa shape index (κ1) is 18.7. The fourth-order valence-electron chi connectivity index (χ4n) is 3.47. The van der Waals surface area contributed by atoms with Crippen molar-refractivity contribution in [3.63, 3.8) is 0 Å². The van der Waals surface area contributed by atoms with Gasteiger partial charge in [-0.25, -0.2) is 0 Å². The lowest BCUT2D eigenvalue weighted by Gasteiger charge is -2.18. The number of carbonyl (C=O) groups is 1. The maximum absolute atomic E-state index is 12.7.